The Morgan fingerprint density at radius 2 is 2.36 bits per heavy atom. The lowest BCUT2D eigenvalue weighted by molar-refractivity contribution is 0.0351. The molecule has 0 saturated carbocycles. The summed E-state index contributed by atoms with van der Waals surface area (Å²) in [7, 11) is 6.81. The van der Waals surface area contributed by atoms with Gasteiger partial charge in [0.05, 0.1) is 5.85 Å². The summed E-state index contributed by atoms with van der Waals surface area (Å²) in [6.45, 7) is 3.30. The zero-order chi connectivity index (χ0) is 8.27. The summed E-state index contributed by atoms with van der Waals surface area (Å²) >= 11 is 0. The third kappa shape index (κ3) is 3.14. The van der Waals surface area contributed by atoms with Crippen LogP contribution in [0.3, 0.4) is 0 Å². The molecule has 0 spiro atoms. The maximum Gasteiger partial charge on any atom is 0.0866 e. The Labute approximate surface area is 76.4 Å². The van der Waals surface area contributed by atoms with Crippen LogP contribution in [-0.4, -0.2) is 12.5 Å². The van der Waals surface area contributed by atoms with E-state index in [9.17, 15) is 0 Å². The topological polar surface area (TPSA) is 9.23 Å². The second-order valence-electron chi connectivity index (χ2n) is 2.92. The monoisotopic (exact) mass is 228 g/mol. The van der Waals surface area contributed by atoms with Crippen LogP contribution < -0.4 is 0 Å². The van der Waals surface area contributed by atoms with Crippen LogP contribution in [0.5, 0.6) is 0 Å². The van der Waals surface area contributed by atoms with Gasteiger partial charge in [-0.25, -0.2) is 0 Å². The van der Waals surface area contributed by atoms with Gasteiger partial charge in [0.1, 0.15) is 0 Å². The molecule has 1 rings (SSSR count). The van der Waals surface area contributed by atoms with E-state index < -0.39 is 0 Å². The normalized spacial score (nSPS) is 36.3. The van der Waals surface area contributed by atoms with Crippen molar-refractivity contribution in [2.75, 3.05) is 6.61 Å². The minimum atomic E-state index is 0.0493. The molecule has 0 aromatic rings. The van der Waals surface area contributed by atoms with Gasteiger partial charge in [-0.05, 0) is 26.1 Å². The molecule has 1 saturated heterocycles. The molecule has 5 heteroatoms. The molecular weight excluding hydrogens is 212 g/mol. The molecule has 6 atom stereocenters. The zero-order valence-electron chi connectivity index (χ0n) is 6.79. The lowest BCUT2D eigenvalue weighted by Crippen LogP contribution is -2.23. The summed E-state index contributed by atoms with van der Waals surface area (Å²) in [5.74, 6) is 1.33. The van der Waals surface area contributed by atoms with Crippen molar-refractivity contribution in [1.29, 1.82) is 0 Å². The van der Waals surface area contributed by atoms with E-state index in [0.29, 0.717) is 5.85 Å². The Morgan fingerprint density at radius 1 is 1.64 bits per heavy atom. The lowest BCUT2D eigenvalue weighted by Gasteiger charge is -2.32. The maximum absolute atomic E-state index is 5.74. The number of ether oxygens (including phenoxy) is 1. The van der Waals surface area contributed by atoms with E-state index >= 15 is 0 Å². The lowest BCUT2D eigenvalue weighted by atomic mass is 10.1. The third-order valence-electron chi connectivity index (χ3n) is 2.00. The van der Waals surface area contributed by atoms with Gasteiger partial charge in [0.25, 0.3) is 0 Å². The van der Waals surface area contributed by atoms with Gasteiger partial charge >= 0.3 is 0 Å². The van der Waals surface area contributed by atoms with E-state index in [1.165, 1.54) is 12.8 Å². The Kier molecular flexibility index (Phi) is 5.30. The highest BCUT2D eigenvalue weighted by Crippen LogP contribution is 2.71. The molecule has 66 valence electrons. The van der Waals surface area contributed by atoms with Gasteiger partial charge < -0.3 is 4.74 Å². The van der Waals surface area contributed by atoms with Crippen LogP contribution in [0.25, 0.3) is 0 Å². The van der Waals surface area contributed by atoms with Crippen LogP contribution in [0.2, 0.25) is 0 Å². The molecule has 11 heavy (non-hydrogen) atoms. The first-order chi connectivity index (χ1) is 5.25. The van der Waals surface area contributed by atoms with E-state index in [0.717, 1.165) is 20.5 Å². The van der Waals surface area contributed by atoms with Crippen molar-refractivity contribution < 1.29 is 4.74 Å². The first-order valence-corrected chi connectivity index (χ1v) is 10.6. The Morgan fingerprint density at radius 3 is 2.91 bits per heavy atom. The van der Waals surface area contributed by atoms with Crippen molar-refractivity contribution in [1.82, 2.24) is 0 Å². The van der Waals surface area contributed by atoms with Crippen molar-refractivity contribution in [2.24, 2.45) is 5.92 Å². The molecular formula is C6H16OP4. The molecule has 1 fully saturated rings. The second-order valence-corrected chi connectivity index (χ2v) is 12.4. The van der Waals surface area contributed by atoms with Crippen LogP contribution in [0, 0.1) is 5.92 Å². The highest BCUT2D eigenvalue weighted by Gasteiger charge is 2.26. The largest absolute Gasteiger partial charge is 0.373 e. The second kappa shape index (κ2) is 5.42. The highest BCUT2D eigenvalue weighted by molar-refractivity contribution is 8.61. The molecule has 1 aliphatic heterocycles. The van der Waals surface area contributed by atoms with Crippen LogP contribution in [0.15, 0.2) is 0 Å². The van der Waals surface area contributed by atoms with Gasteiger partial charge in [0, 0.05) is 6.61 Å². The minimum Gasteiger partial charge on any atom is -0.373 e. The number of hydrogen-bond donors (Lipinski definition) is 0. The molecule has 6 unspecified atom stereocenters. The molecule has 1 heterocycles. The maximum atomic E-state index is 5.74. The van der Waals surface area contributed by atoms with Gasteiger partial charge in [-0.2, -0.15) is 0 Å². The van der Waals surface area contributed by atoms with Crippen molar-refractivity contribution in [3.05, 3.63) is 0 Å². The van der Waals surface area contributed by atoms with Gasteiger partial charge in [-0.1, -0.05) is 14.9 Å². The summed E-state index contributed by atoms with van der Waals surface area (Å²) < 4.78 is 5.74. The summed E-state index contributed by atoms with van der Waals surface area (Å²) in [4.78, 5) is 0. The first kappa shape index (κ1) is 10.8. The first-order valence-electron chi connectivity index (χ1n) is 3.87. The van der Waals surface area contributed by atoms with Gasteiger partial charge in [0.15, 0.2) is 0 Å². The fraction of sp³-hybridized carbons (Fsp3) is 1.00. The van der Waals surface area contributed by atoms with Crippen LogP contribution in [-0.2, 0) is 4.74 Å². The van der Waals surface area contributed by atoms with E-state index in [2.05, 4.69) is 24.8 Å². The fourth-order valence-corrected chi connectivity index (χ4v) is 6.34. The predicted molar refractivity (Wildman–Crippen MR) is 62.8 cm³/mol. The number of hydrogen-bond acceptors (Lipinski definition) is 1. The van der Waals surface area contributed by atoms with Crippen LogP contribution >= 0.6 is 33.1 Å². The standard InChI is InChI=1S/C6H16OP4/c1-5-3-2-4-7-6(5)11(9)10-8/h5-6,10H,2-4,8-9H2,1H3. The molecule has 0 aromatic heterocycles. The van der Waals surface area contributed by atoms with Crippen molar-refractivity contribution in [3.63, 3.8) is 0 Å². The summed E-state index contributed by atoms with van der Waals surface area (Å²) in [6.07, 6.45) is 2.61. The summed E-state index contributed by atoms with van der Waals surface area (Å²) in [5, 5.41) is 0. The van der Waals surface area contributed by atoms with Crippen LogP contribution in [0.1, 0.15) is 19.8 Å². The molecule has 1 nitrogen and oxygen atoms in total. The Bertz CT molecular complexity index is 117. The van der Waals surface area contributed by atoms with E-state index in [-0.39, 0.29) is 7.30 Å². The van der Waals surface area contributed by atoms with Gasteiger partial charge in [-0.3, -0.25) is 0 Å². The summed E-state index contributed by atoms with van der Waals surface area (Å²) in [6, 6.07) is 0. The Balaban J connectivity index is 2.40. The number of rotatable bonds is 2. The molecule has 0 radical (unpaired) electrons. The average molecular weight is 228 g/mol. The van der Waals surface area contributed by atoms with Gasteiger partial charge in [-0.15, -0.1) is 17.9 Å². The SMILES string of the molecule is CC1CCCOC1P(P)PP. The van der Waals surface area contributed by atoms with E-state index in [1.54, 1.807) is 0 Å². The Hall–Kier alpha value is 1.68. The molecule has 0 bridgehead atoms. The molecule has 0 aliphatic carbocycles. The molecule has 0 aromatic carbocycles. The van der Waals surface area contributed by atoms with E-state index in [1.807, 2.05) is 0 Å². The minimum absolute atomic E-state index is 0.0493. The smallest absolute Gasteiger partial charge is 0.0866 e. The molecule has 0 amide bonds. The van der Waals surface area contributed by atoms with Gasteiger partial charge in [0.2, 0.25) is 0 Å². The fourth-order valence-electron chi connectivity index (χ4n) is 1.34. The molecule has 0 N–H and O–H groups in total. The zero-order valence-corrected chi connectivity index (χ0v) is 11.0. The average Bonchev–Trinajstić information content (AvgIpc) is 2.04. The quantitative estimate of drug-likeness (QED) is 0.658. The van der Waals surface area contributed by atoms with Crippen molar-refractivity contribution in [2.45, 2.75) is 25.6 Å². The predicted octanol–water partition coefficient (Wildman–Crippen LogP) is 3.41. The summed E-state index contributed by atoms with van der Waals surface area (Å²) in [5.41, 5.74) is 0. The molecule has 1 aliphatic rings. The third-order valence-corrected chi connectivity index (χ3v) is 12.8. The van der Waals surface area contributed by atoms with Crippen molar-refractivity contribution >= 4 is 33.1 Å². The van der Waals surface area contributed by atoms with Crippen LogP contribution in [0.4, 0.5) is 0 Å². The van der Waals surface area contributed by atoms with E-state index in [4.69, 9.17) is 4.74 Å². The highest BCUT2D eigenvalue weighted by atomic mass is 32.6. The van der Waals surface area contributed by atoms with Crippen molar-refractivity contribution in [3.8, 4) is 0 Å².